The van der Waals surface area contributed by atoms with E-state index in [1.165, 1.54) is 0 Å². The topological polar surface area (TPSA) is 78.4 Å². The van der Waals surface area contributed by atoms with Crippen molar-refractivity contribution in [3.05, 3.63) is 24.2 Å². The highest BCUT2D eigenvalue weighted by molar-refractivity contribution is 5.29. The van der Waals surface area contributed by atoms with Crippen molar-refractivity contribution in [2.24, 2.45) is 5.92 Å². The summed E-state index contributed by atoms with van der Waals surface area (Å²) in [6.45, 7) is 6.00. The summed E-state index contributed by atoms with van der Waals surface area (Å²) in [4.78, 5) is 2.26. The van der Waals surface area contributed by atoms with Gasteiger partial charge in [-0.2, -0.15) is 0 Å². The Morgan fingerprint density at radius 1 is 1.32 bits per heavy atom. The zero-order chi connectivity index (χ0) is 17.1. The lowest BCUT2D eigenvalue weighted by molar-refractivity contribution is -0.182. The summed E-state index contributed by atoms with van der Waals surface area (Å²) < 4.78 is 19.0. The van der Waals surface area contributed by atoms with Crippen LogP contribution in [0.3, 0.4) is 0 Å². The summed E-state index contributed by atoms with van der Waals surface area (Å²) in [5.74, 6) is 1.69. The third-order valence-electron chi connectivity index (χ3n) is 5.19. The quantitative estimate of drug-likeness (QED) is 0.789. The molecule has 0 amide bonds. The van der Waals surface area contributed by atoms with Gasteiger partial charge in [0.1, 0.15) is 5.76 Å². The fraction of sp³-hybridized carbons (Fsp3) is 0.706. The zero-order valence-electron chi connectivity index (χ0n) is 14.6. The molecule has 25 heavy (non-hydrogen) atoms. The van der Waals surface area contributed by atoms with Crippen LogP contribution in [-0.4, -0.2) is 52.3 Å². The SMILES string of the molecule is CC1(C2CCCN(c3nnnn3CCCc3ccco3)C2)OCCO1. The Kier molecular flexibility index (Phi) is 4.72. The van der Waals surface area contributed by atoms with Crippen molar-refractivity contribution in [1.82, 2.24) is 20.2 Å². The Morgan fingerprint density at radius 2 is 2.20 bits per heavy atom. The molecule has 0 aromatic carbocycles. The summed E-state index contributed by atoms with van der Waals surface area (Å²) in [5.41, 5.74) is 0. The highest BCUT2D eigenvalue weighted by Crippen LogP contribution is 2.35. The Bertz CT molecular complexity index is 666. The van der Waals surface area contributed by atoms with Gasteiger partial charge in [0.15, 0.2) is 5.79 Å². The monoisotopic (exact) mass is 347 g/mol. The van der Waals surface area contributed by atoms with Crippen LogP contribution in [0.25, 0.3) is 0 Å². The van der Waals surface area contributed by atoms with Gasteiger partial charge in [0.05, 0.1) is 19.5 Å². The lowest BCUT2D eigenvalue weighted by atomic mass is 9.90. The number of furan rings is 1. The standard InChI is InChI=1S/C17H25N5O3/c1-17(24-11-12-25-17)14-5-2-8-21(13-14)16-18-19-20-22(16)9-3-6-15-7-4-10-23-15/h4,7,10,14H,2-3,5-6,8-9,11-13H2,1H3. The van der Waals surface area contributed by atoms with Crippen LogP contribution in [0.5, 0.6) is 0 Å². The summed E-state index contributed by atoms with van der Waals surface area (Å²) in [7, 11) is 0. The van der Waals surface area contributed by atoms with Gasteiger partial charge >= 0.3 is 0 Å². The van der Waals surface area contributed by atoms with Gasteiger partial charge in [0, 0.05) is 32.0 Å². The molecular formula is C17H25N5O3. The third-order valence-corrected chi connectivity index (χ3v) is 5.19. The first-order chi connectivity index (χ1) is 12.2. The van der Waals surface area contributed by atoms with Crippen molar-refractivity contribution in [2.45, 2.75) is 44.9 Å². The first-order valence-corrected chi connectivity index (χ1v) is 9.06. The molecular weight excluding hydrogens is 322 g/mol. The number of anilines is 1. The number of hydrogen-bond acceptors (Lipinski definition) is 7. The van der Waals surface area contributed by atoms with E-state index in [0.29, 0.717) is 19.1 Å². The maximum Gasteiger partial charge on any atom is 0.245 e. The molecule has 0 aliphatic carbocycles. The van der Waals surface area contributed by atoms with Crippen LogP contribution in [0.4, 0.5) is 5.95 Å². The molecule has 1 unspecified atom stereocenters. The number of tetrazole rings is 1. The van der Waals surface area contributed by atoms with E-state index in [1.54, 1.807) is 6.26 Å². The van der Waals surface area contributed by atoms with Gasteiger partial charge in [0.2, 0.25) is 5.95 Å². The second kappa shape index (κ2) is 7.13. The smallest absolute Gasteiger partial charge is 0.245 e. The Hall–Kier alpha value is -1.93. The van der Waals surface area contributed by atoms with Crippen LogP contribution in [0.15, 0.2) is 22.8 Å². The second-order valence-electron chi connectivity index (χ2n) is 6.88. The number of hydrogen-bond donors (Lipinski definition) is 0. The van der Waals surface area contributed by atoms with Gasteiger partial charge in [-0.05, 0) is 48.7 Å². The Balaban J connectivity index is 1.39. The van der Waals surface area contributed by atoms with Crippen LogP contribution in [0.1, 0.15) is 31.9 Å². The van der Waals surface area contributed by atoms with Crippen LogP contribution in [0.2, 0.25) is 0 Å². The molecule has 2 saturated heterocycles. The number of ether oxygens (including phenoxy) is 2. The number of rotatable bonds is 6. The predicted molar refractivity (Wildman–Crippen MR) is 90.1 cm³/mol. The molecule has 2 aliphatic heterocycles. The van der Waals surface area contributed by atoms with E-state index in [-0.39, 0.29) is 0 Å². The molecule has 8 nitrogen and oxygen atoms in total. The van der Waals surface area contributed by atoms with Crippen molar-refractivity contribution in [3.63, 3.8) is 0 Å². The van der Waals surface area contributed by atoms with Gasteiger partial charge in [-0.25, -0.2) is 4.68 Å². The van der Waals surface area contributed by atoms with Crippen LogP contribution in [-0.2, 0) is 22.4 Å². The molecule has 2 aliphatic rings. The van der Waals surface area contributed by atoms with E-state index in [4.69, 9.17) is 13.9 Å². The molecule has 136 valence electrons. The van der Waals surface area contributed by atoms with Gasteiger partial charge < -0.3 is 18.8 Å². The number of aromatic nitrogens is 4. The zero-order valence-corrected chi connectivity index (χ0v) is 14.6. The number of nitrogens with zero attached hydrogens (tertiary/aromatic N) is 5. The van der Waals surface area contributed by atoms with Crippen LogP contribution >= 0.6 is 0 Å². The van der Waals surface area contributed by atoms with Crippen molar-refractivity contribution in [3.8, 4) is 0 Å². The minimum Gasteiger partial charge on any atom is -0.469 e. The summed E-state index contributed by atoms with van der Waals surface area (Å²) >= 11 is 0. The minimum atomic E-state index is -0.476. The first kappa shape index (κ1) is 16.5. The molecule has 2 aromatic heterocycles. The minimum absolute atomic E-state index is 0.331. The highest BCUT2D eigenvalue weighted by Gasteiger charge is 2.42. The fourth-order valence-electron chi connectivity index (χ4n) is 3.78. The first-order valence-electron chi connectivity index (χ1n) is 9.06. The van der Waals surface area contributed by atoms with Gasteiger partial charge in [-0.3, -0.25) is 0 Å². The summed E-state index contributed by atoms with van der Waals surface area (Å²) in [6, 6.07) is 3.91. The molecule has 8 heteroatoms. The van der Waals surface area contributed by atoms with E-state index in [0.717, 1.165) is 57.0 Å². The molecule has 0 N–H and O–H groups in total. The average Bonchev–Trinajstić information content (AvgIpc) is 3.37. The van der Waals surface area contributed by atoms with Crippen molar-refractivity contribution < 1.29 is 13.9 Å². The van der Waals surface area contributed by atoms with Crippen LogP contribution < -0.4 is 4.90 Å². The van der Waals surface area contributed by atoms with E-state index in [2.05, 4.69) is 27.3 Å². The lowest BCUT2D eigenvalue weighted by Gasteiger charge is -2.39. The Morgan fingerprint density at radius 3 is 3.00 bits per heavy atom. The molecule has 0 bridgehead atoms. The summed E-state index contributed by atoms with van der Waals surface area (Å²) in [5, 5.41) is 12.3. The third kappa shape index (κ3) is 3.55. The van der Waals surface area contributed by atoms with Crippen molar-refractivity contribution in [2.75, 3.05) is 31.2 Å². The highest BCUT2D eigenvalue weighted by atomic mass is 16.7. The van der Waals surface area contributed by atoms with Crippen molar-refractivity contribution in [1.29, 1.82) is 0 Å². The maximum atomic E-state index is 5.86. The molecule has 0 spiro atoms. The molecule has 0 radical (unpaired) electrons. The van der Waals surface area contributed by atoms with E-state index in [1.807, 2.05) is 16.8 Å². The molecule has 4 rings (SSSR count). The molecule has 1 atom stereocenters. The van der Waals surface area contributed by atoms with E-state index >= 15 is 0 Å². The van der Waals surface area contributed by atoms with Crippen LogP contribution in [0, 0.1) is 5.92 Å². The average molecular weight is 347 g/mol. The fourth-order valence-corrected chi connectivity index (χ4v) is 3.78. The number of piperidine rings is 1. The molecule has 2 fully saturated rings. The Labute approximate surface area is 147 Å². The van der Waals surface area contributed by atoms with Gasteiger partial charge in [0.25, 0.3) is 0 Å². The molecule has 2 aromatic rings. The normalized spacial score (nSPS) is 23.2. The lowest BCUT2D eigenvalue weighted by Crippen LogP contribution is -2.47. The largest absolute Gasteiger partial charge is 0.469 e. The maximum absolute atomic E-state index is 5.86. The number of aryl methyl sites for hydroxylation is 2. The van der Waals surface area contributed by atoms with Crippen molar-refractivity contribution >= 4 is 5.95 Å². The molecule has 0 saturated carbocycles. The van der Waals surface area contributed by atoms with E-state index < -0.39 is 5.79 Å². The second-order valence-corrected chi connectivity index (χ2v) is 6.88. The van der Waals surface area contributed by atoms with Gasteiger partial charge in [-0.1, -0.05) is 5.10 Å². The summed E-state index contributed by atoms with van der Waals surface area (Å²) in [6.07, 6.45) is 5.72. The van der Waals surface area contributed by atoms with E-state index in [9.17, 15) is 0 Å². The van der Waals surface area contributed by atoms with Gasteiger partial charge in [-0.15, -0.1) is 0 Å². The molecule has 4 heterocycles. The predicted octanol–water partition coefficient (Wildman–Crippen LogP) is 1.88.